The average Bonchev–Trinajstić information content (AvgIpc) is 2.74. The fourth-order valence-corrected chi connectivity index (χ4v) is 5.00. The lowest BCUT2D eigenvalue weighted by Gasteiger charge is -2.38. The van der Waals surface area contributed by atoms with E-state index >= 15 is 0 Å². The van der Waals surface area contributed by atoms with Crippen LogP contribution in [0.1, 0.15) is 44.2 Å². The van der Waals surface area contributed by atoms with E-state index < -0.39 is 10.0 Å². The van der Waals surface area contributed by atoms with Crippen molar-refractivity contribution in [2.45, 2.75) is 49.0 Å². The molecule has 31 heavy (non-hydrogen) atoms. The summed E-state index contributed by atoms with van der Waals surface area (Å²) in [6, 6.07) is 17.4. The minimum atomic E-state index is -3.75. The maximum atomic E-state index is 12.6. The van der Waals surface area contributed by atoms with Gasteiger partial charge in [0.15, 0.2) is 0 Å². The molecule has 8 heteroatoms. The number of nitrogens with zero attached hydrogens (tertiary/aromatic N) is 2. The van der Waals surface area contributed by atoms with E-state index in [0.29, 0.717) is 5.69 Å². The number of primary sulfonamides is 1. The van der Waals surface area contributed by atoms with Gasteiger partial charge in [0.2, 0.25) is 10.0 Å². The van der Waals surface area contributed by atoms with Crippen molar-refractivity contribution >= 4 is 21.6 Å². The molecule has 0 spiro atoms. The van der Waals surface area contributed by atoms with Crippen molar-refractivity contribution in [1.29, 1.82) is 0 Å². The van der Waals surface area contributed by atoms with Crippen LogP contribution in [0, 0.1) is 0 Å². The van der Waals surface area contributed by atoms with Gasteiger partial charge in [0.05, 0.1) is 16.6 Å². The van der Waals surface area contributed by atoms with Crippen LogP contribution in [-0.4, -0.2) is 18.2 Å². The van der Waals surface area contributed by atoms with Gasteiger partial charge < -0.3 is 0 Å². The highest BCUT2D eigenvalue weighted by atomic mass is 35.5. The van der Waals surface area contributed by atoms with E-state index in [1.165, 1.54) is 23.8 Å². The van der Waals surface area contributed by atoms with E-state index in [0.717, 1.165) is 36.3 Å². The van der Waals surface area contributed by atoms with Crippen molar-refractivity contribution in [3.8, 4) is 11.3 Å². The van der Waals surface area contributed by atoms with Gasteiger partial charge in [0.1, 0.15) is 0 Å². The Morgan fingerprint density at radius 3 is 2.35 bits per heavy atom. The zero-order chi connectivity index (χ0) is 22.2. The Labute approximate surface area is 186 Å². The number of hydrogen-bond acceptors (Lipinski definition) is 4. The normalized spacial score (nSPS) is 21.7. The number of halogens is 1. The van der Waals surface area contributed by atoms with Gasteiger partial charge in [-0.25, -0.2) is 18.2 Å². The molecule has 1 heterocycles. The van der Waals surface area contributed by atoms with Crippen LogP contribution < -0.4 is 10.7 Å². The molecular formula is C23H24ClN3O3S. The van der Waals surface area contributed by atoms with Gasteiger partial charge >= 0.3 is 0 Å². The van der Waals surface area contributed by atoms with Crippen LogP contribution in [0.5, 0.6) is 0 Å². The molecule has 1 fully saturated rings. The molecule has 6 nitrogen and oxygen atoms in total. The molecule has 0 amide bonds. The molecule has 0 unspecified atom stereocenters. The summed E-state index contributed by atoms with van der Waals surface area (Å²) in [4.78, 5) is 12.6. The van der Waals surface area contributed by atoms with E-state index in [-0.39, 0.29) is 21.9 Å². The number of aromatic nitrogens is 2. The standard InChI is InChI=1S/C23H24ClN3O3S/c1-23(17-3-2-4-18(24)15-17)13-11-19(12-14-23)27-22(28)10-9-21(26-27)16-5-7-20(8-6-16)31(25,29)30/h2-10,15,19H,11-14H2,1H3,(H2,25,29,30). The Balaban J connectivity index is 1.57. The number of rotatable bonds is 4. The van der Waals surface area contributed by atoms with Crippen LogP contribution in [-0.2, 0) is 15.4 Å². The summed E-state index contributed by atoms with van der Waals surface area (Å²) in [5, 5.41) is 10.5. The van der Waals surface area contributed by atoms with Crippen LogP contribution in [0.2, 0.25) is 5.02 Å². The first-order valence-corrected chi connectivity index (χ1v) is 12.1. The van der Waals surface area contributed by atoms with Gasteiger partial charge in [0, 0.05) is 16.7 Å². The zero-order valence-electron chi connectivity index (χ0n) is 17.2. The summed E-state index contributed by atoms with van der Waals surface area (Å²) in [7, 11) is -3.75. The summed E-state index contributed by atoms with van der Waals surface area (Å²) in [6.07, 6.45) is 3.53. The fourth-order valence-electron chi connectivity index (χ4n) is 4.29. The van der Waals surface area contributed by atoms with Gasteiger partial charge in [-0.1, -0.05) is 42.8 Å². The highest BCUT2D eigenvalue weighted by Gasteiger charge is 2.34. The van der Waals surface area contributed by atoms with Crippen molar-refractivity contribution < 1.29 is 8.42 Å². The maximum absolute atomic E-state index is 12.6. The van der Waals surface area contributed by atoms with Crippen LogP contribution in [0.25, 0.3) is 11.3 Å². The van der Waals surface area contributed by atoms with Gasteiger partial charge in [-0.15, -0.1) is 0 Å². The molecule has 162 valence electrons. The van der Waals surface area contributed by atoms with E-state index in [1.54, 1.807) is 22.9 Å². The summed E-state index contributed by atoms with van der Waals surface area (Å²) in [5.74, 6) is 0. The molecule has 0 aliphatic heterocycles. The molecular weight excluding hydrogens is 434 g/mol. The first-order chi connectivity index (χ1) is 14.7. The first kappa shape index (κ1) is 21.7. The average molecular weight is 458 g/mol. The van der Waals surface area contributed by atoms with Crippen LogP contribution in [0.4, 0.5) is 0 Å². The number of benzene rings is 2. The minimum Gasteiger partial charge on any atom is -0.268 e. The van der Waals surface area contributed by atoms with Crippen molar-refractivity contribution in [3.05, 3.63) is 81.6 Å². The molecule has 0 radical (unpaired) electrons. The van der Waals surface area contributed by atoms with Gasteiger partial charge in [0.25, 0.3) is 5.56 Å². The second-order valence-corrected chi connectivity index (χ2v) is 10.4. The highest BCUT2D eigenvalue weighted by molar-refractivity contribution is 7.89. The lowest BCUT2D eigenvalue weighted by atomic mass is 9.69. The molecule has 1 aliphatic carbocycles. The van der Waals surface area contributed by atoms with E-state index in [9.17, 15) is 13.2 Å². The Morgan fingerprint density at radius 1 is 1.06 bits per heavy atom. The van der Waals surface area contributed by atoms with Crippen molar-refractivity contribution in [3.63, 3.8) is 0 Å². The highest BCUT2D eigenvalue weighted by Crippen LogP contribution is 2.43. The SMILES string of the molecule is CC1(c2cccc(Cl)c2)CCC(n2nc(-c3ccc(S(N)(=O)=O)cc3)ccc2=O)CC1. The summed E-state index contributed by atoms with van der Waals surface area (Å²) in [5.41, 5.74) is 2.44. The molecule has 0 saturated heterocycles. The Hall–Kier alpha value is -2.48. The molecule has 4 rings (SSSR count). The third kappa shape index (κ3) is 4.59. The summed E-state index contributed by atoms with van der Waals surface area (Å²) >= 11 is 6.19. The molecule has 1 aliphatic rings. The number of nitrogens with two attached hydrogens (primary N) is 1. The van der Waals surface area contributed by atoms with E-state index in [2.05, 4.69) is 18.1 Å². The molecule has 0 atom stereocenters. The Kier molecular flexibility index (Phi) is 5.77. The van der Waals surface area contributed by atoms with Crippen LogP contribution in [0.3, 0.4) is 0 Å². The summed E-state index contributed by atoms with van der Waals surface area (Å²) < 4.78 is 24.5. The van der Waals surface area contributed by atoms with E-state index in [4.69, 9.17) is 16.7 Å². The third-order valence-corrected chi connectivity index (χ3v) is 7.39. The third-order valence-electron chi connectivity index (χ3n) is 6.23. The Morgan fingerprint density at radius 2 is 1.74 bits per heavy atom. The largest absolute Gasteiger partial charge is 0.268 e. The van der Waals surface area contributed by atoms with Gasteiger partial charge in [-0.05, 0) is 67.0 Å². The maximum Gasteiger partial charge on any atom is 0.267 e. The lowest BCUT2D eigenvalue weighted by Crippen LogP contribution is -2.34. The van der Waals surface area contributed by atoms with Crippen LogP contribution >= 0.6 is 11.6 Å². The van der Waals surface area contributed by atoms with Crippen LogP contribution in [0.15, 0.2) is 70.4 Å². The van der Waals surface area contributed by atoms with Gasteiger partial charge in [-0.2, -0.15) is 5.10 Å². The smallest absolute Gasteiger partial charge is 0.267 e. The van der Waals surface area contributed by atoms with Crippen molar-refractivity contribution in [2.24, 2.45) is 5.14 Å². The minimum absolute atomic E-state index is 0.0170. The molecule has 2 aromatic carbocycles. The quantitative estimate of drug-likeness (QED) is 0.632. The first-order valence-electron chi connectivity index (χ1n) is 10.1. The topological polar surface area (TPSA) is 95.1 Å². The number of hydrogen-bond donors (Lipinski definition) is 1. The van der Waals surface area contributed by atoms with Crippen molar-refractivity contribution in [1.82, 2.24) is 9.78 Å². The predicted molar refractivity (Wildman–Crippen MR) is 122 cm³/mol. The molecule has 0 bridgehead atoms. The second kappa shape index (κ2) is 8.22. The summed E-state index contributed by atoms with van der Waals surface area (Å²) in [6.45, 7) is 2.24. The predicted octanol–water partition coefficient (Wildman–Crippen LogP) is 4.28. The molecule has 1 saturated carbocycles. The van der Waals surface area contributed by atoms with E-state index in [1.807, 2.05) is 18.2 Å². The van der Waals surface area contributed by atoms with Gasteiger partial charge in [-0.3, -0.25) is 4.79 Å². The molecule has 1 aromatic heterocycles. The molecule has 3 aromatic rings. The lowest BCUT2D eigenvalue weighted by molar-refractivity contribution is 0.232. The second-order valence-electron chi connectivity index (χ2n) is 8.37. The monoisotopic (exact) mass is 457 g/mol. The zero-order valence-corrected chi connectivity index (χ0v) is 18.7. The fraction of sp³-hybridized carbons (Fsp3) is 0.304. The molecule has 2 N–H and O–H groups in total. The number of sulfonamides is 1. The Bertz CT molecular complexity index is 1260. The van der Waals surface area contributed by atoms with Crippen molar-refractivity contribution in [2.75, 3.05) is 0 Å².